The molecule has 1 atom stereocenters. The molecule has 1 aliphatic carbocycles. The van der Waals surface area contributed by atoms with Crippen LogP contribution in [0.25, 0.3) is 0 Å². The lowest BCUT2D eigenvalue weighted by Gasteiger charge is -2.15. The van der Waals surface area contributed by atoms with Crippen molar-refractivity contribution in [1.82, 2.24) is 4.98 Å². The van der Waals surface area contributed by atoms with E-state index in [1.807, 2.05) is 0 Å². The smallest absolute Gasteiger partial charge is 0.259 e. The number of thiazole rings is 1. The minimum atomic E-state index is -1.11. The molecule has 0 spiro atoms. The van der Waals surface area contributed by atoms with Crippen LogP contribution in [-0.4, -0.2) is 10.9 Å². The Labute approximate surface area is 135 Å². The van der Waals surface area contributed by atoms with Gasteiger partial charge in [-0.3, -0.25) is 10.1 Å². The lowest BCUT2D eigenvalue weighted by molar-refractivity contribution is 0.102. The molecule has 116 valence electrons. The van der Waals surface area contributed by atoms with Gasteiger partial charge in [-0.25, -0.2) is 13.8 Å². The predicted octanol–water partition coefficient (Wildman–Crippen LogP) is 4.45. The second kappa shape index (κ2) is 5.93. The van der Waals surface area contributed by atoms with Crippen molar-refractivity contribution < 1.29 is 13.6 Å². The molecule has 3 rings (SSSR count). The Hall–Kier alpha value is -1.53. The van der Waals surface area contributed by atoms with E-state index in [-0.39, 0.29) is 10.6 Å². The van der Waals surface area contributed by atoms with Crippen molar-refractivity contribution in [3.05, 3.63) is 44.9 Å². The fraction of sp³-hybridized carbons (Fsp3) is 0.333. The van der Waals surface area contributed by atoms with Gasteiger partial charge >= 0.3 is 0 Å². The van der Waals surface area contributed by atoms with Crippen LogP contribution < -0.4 is 5.32 Å². The van der Waals surface area contributed by atoms with Gasteiger partial charge < -0.3 is 0 Å². The molecule has 0 radical (unpaired) electrons. The van der Waals surface area contributed by atoms with Gasteiger partial charge in [-0.15, -0.1) is 11.3 Å². The van der Waals surface area contributed by atoms with Gasteiger partial charge in [0.2, 0.25) is 0 Å². The average Bonchev–Trinajstić information content (AvgIpc) is 2.83. The van der Waals surface area contributed by atoms with Crippen molar-refractivity contribution >= 4 is 34.0 Å². The molecule has 0 saturated carbocycles. The molecule has 0 aliphatic heterocycles. The van der Waals surface area contributed by atoms with Gasteiger partial charge in [-0.2, -0.15) is 0 Å². The van der Waals surface area contributed by atoms with E-state index in [2.05, 4.69) is 17.2 Å². The molecule has 1 amide bonds. The first-order valence-corrected chi connectivity index (χ1v) is 8.08. The molecule has 0 saturated heterocycles. The first-order chi connectivity index (χ1) is 10.4. The minimum absolute atomic E-state index is 0.109. The summed E-state index contributed by atoms with van der Waals surface area (Å²) in [5.41, 5.74) is 0.900. The number of nitrogens with zero attached hydrogens (tertiary/aromatic N) is 1. The molecule has 3 nitrogen and oxygen atoms in total. The maximum Gasteiger partial charge on any atom is 0.259 e. The van der Waals surface area contributed by atoms with Gasteiger partial charge in [0.25, 0.3) is 5.91 Å². The third-order valence-electron chi connectivity index (χ3n) is 3.66. The molecule has 22 heavy (non-hydrogen) atoms. The van der Waals surface area contributed by atoms with Gasteiger partial charge in [0, 0.05) is 4.88 Å². The molecule has 1 aromatic heterocycles. The molecule has 0 fully saturated rings. The highest BCUT2D eigenvalue weighted by molar-refractivity contribution is 7.15. The number of hydrogen-bond donors (Lipinski definition) is 1. The van der Waals surface area contributed by atoms with Crippen LogP contribution in [0.1, 0.15) is 34.3 Å². The molecule has 1 heterocycles. The number of aromatic nitrogens is 1. The van der Waals surface area contributed by atoms with Gasteiger partial charge in [0.1, 0.15) is 0 Å². The first kappa shape index (κ1) is 15.4. The third kappa shape index (κ3) is 2.98. The van der Waals surface area contributed by atoms with Crippen molar-refractivity contribution in [2.24, 2.45) is 5.92 Å². The summed E-state index contributed by atoms with van der Waals surface area (Å²) >= 11 is 7.22. The van der Waals surface area contributed by atoms with E-state index < -0.39 is 17.5 Å². The largest absolute Gasteiger partial charge is 0.298 e. The van der Waals surface area contributed by atoms with Crippen molar-refractivity contribution in [2.45, 2.75) is 26.2 Å². The molecule has 2 aromatic rings. The Bertz CT molecular complexity index is 747. The molecule has 1 aliphatic rings. The molecular formula is C15H13ClF2N2OS. The standard InChI is InChI=1S/C15H13ClF2N2OS/c1-7-2-3-12-13(4-7)22-15(19-12)20-14(21)8-5-10(17)11(18)6-9(8)16/h5-7H,2-4H2,1H3,(H,19,20,21)/t7-/m1/s1. The number of anilines is 1. The first-order valence-electron chi connectivity index (χ1n) is 6.88. The zero-order valence-corrected chi connectivity index (χ0v) is 13.3. The highest BCUT2D eigenvalue weighted by Gasteiger charge is 2.21. The lowest BCUT2D eigenvalue weighted by Crippen LogP contribution is -2.13. The number of amides is 1. The van der Waals surface area contributed by atoms with Crippen molar-refractivity contribution in [1.29, 1.82) is 0 Å². The quantitative estimate of drug-likeness (QED) is 0.819. The Balaban J connectivity index is 1.82. The van der Waals surface area contributed by atoms with E-state index in [0.717, 1.165) is 37.1 Å². The summed E-state index contributed by atoms with van der Waals surface area (Å²) < 4.78 is 26.3. The number of carbonyl (C=O) groups is 1. The van der Waals surface area contributed by atoms with Crippen LogP contribution in [0.4, 0.5) is 13.9 Å². The normalized spacial score (nSPS) is 17.2. The Morgan fingerprint density at radius 3 is 2.91 bits per heavy atom. The van der Waals surface area contributed by atoms with Crippen LogP contribution in [0, 0.1) is 17.6 Å². The SMILES string of the molecule is C[C@@H]1CCc2nc(NC(=O)c3cc(F)c(F)cc3Cl)sc2C1. The number of fused-ring (bicyclic) bond motifs is 1. The Kier molecular flexibility index (Phi) is 4.14. The van der Waals surface area contributed by atoms with Gasteiger partial charge in [0.15, 0.2) is 16.8 Å². The maximum atomic E-state index is 13.3. The maximum absolute atomic E-state index is 13.3. The van der Waals surface area contributed by atoms with Crippen LogP contribution in [0.2, 0.25) is 5.02 Å². The number of nitrogens with one attached hydrogen (secondary N) is 1. The molecule has 1 aromatic carbocycles. The van der Waals surface area contributed by atoms with Crippen molar-refractivity contribution in [3.63, 3.8) is 0 Å². The fourth-order valence-electron chi connectivity index (χ4n) is 2.45. The molecule has 0 bridgehead atoms. The van der Waals surface area contributed by atoms with Crippen LogP contribution in [0.15, 0.2) is 12.1 Å². The predicted molar refractivity (Wildman–Crippen MR) is 82.6 cm³/mol. The van der Waals surface area contributed by atoms with E-state index >= 15 is 0 Å². The van der Waals surface area contributed by atoms with Crippen LogP contribution in [-0.2, 0) is 12.8 Å². The minimum Gasteiger partial charge on any atom is -0.298 e. The van der Waals surface area contributed by atoms with E-state index in [1.54, 1.807) is 0 Å². The van der Waals surface area contributed by atoms with Crippen LogP contribution >= 0.6 is 22.9 Å². The fourth-order valence-corrected chi connectivity index (χ4v) is 3.86. The molecule has 0 unspecified atom stereocenters. The topological polar surface area (TPSA) is 42.0 Å². The summed E-state index contributed by atoms with van der Waals surface area (Å²) in [6.07, 6.45) is 2.93. The molecular weight excluding hydrogens is 330 g/mol. The third-order valence-corrected chi connectivity index (χ3v) is 5.01. The summed E-state index contributed by atoms with van der Waals surface area (Å²) in [6.45, 7) is 2.18. The number of benzene rings is 1. The summed E-state index contributed by atoms with van der Waals surface area (Å²) in [5.74, 6) is -2.18. The highest BCUT2D eigenvalue weighted by Crippen LogP contribution is 2.32. The monoisotopic (exact) mass is 342 g/mol. The summed E-state index contributed by atoms with van der Waals surface area (Å²) in [4.78, 5) is 17.7. The zero-order chi connectivity index (χ0) is 15.9. The van der Waals surface area contributed by atoms with E-state index in [4.69, 9.17) is 11.6 Å². The van der Waals surface area contributed by atoms with Crippen LogP contribution in [0.3, 0.4) is 0 Å². The van der Waals surface area contributed by atoms with E-state index in [9.17, 15) is 13.6 Å². The van der Waals surface area contributed by atoms with Gasteiger partial charge in [-0.1, -0.05) is 18.5 Å². The summed E-state index contributed by atoms with van der Waals surface area (Å²) in [6, 6.07) is 1.59. The summed E-state index contributed by atoms with van der Waals surface area (Å²) in [7, 11) is 0. The lowest BCUT2D eigenvalue weighted by atomic mass is 9.93. The van der Waals surface area contributed by atoms with Crippen molar-refractivity contribution in [2.75, 3.05) is 5.32 Å². The van der Waals surface area contributed by atoms with E-state index in [0.29, 0.717) is 11.0 Å². The zero-order valence-electron chi connectivity index (χ0n) is 11.8. The van der Waals surface area contributed by atoms with Gasteiger partial charge in [-0.05, 0) is 37.3 Å². The van der Waals surface area contributed by atoms with Crippen molar-refractivity contribution in [3.8, 4) is 0 Å². The average molecular weight is 343 g/mol. The Morgan fingerprint density at radius 1 is 1.41 bits per heavy atom. The second-order valence-corrected chi connectivity index (χ2v) is 6.93. The van der Waals surface area contributed by atoms with Gasteiger partial charge in [0.05, 0.1) is 16.3 Å². The Morgan fingerprint density at radius 2 is 2.14 bits per heavy atom. The molecule has 1 N–H and O–H groups in total. The highest BCUT2D eigenvalue weighted by atomic mass is 35.5. The number of carbonyl (C=O) groups excluding carboxylic acids is 1. The molecule has 7 heteroatoms. The number of halogens is 3. The number of aryl methyl sites for hydroxylation is 1. The second-order valence-electron chi connectivity index (χ2n) is 5.44. The number of rotatable bonds is 2. The summed E-state index contributed by atoms with van der Waals surface area (Å²) in [5, 5.41) is 2.94. The van der Waals surface area contributed by atoms with E-state index in [1.165, 1.54) is 16.2 Å². The number of hydrogen-bond acceptors (Lipinski definition) is 3. The van der Waals surface area contributed by atoms with Crippen LogP contribution in [0.5, 0.6) is 0 Å².